The fourth-order valence-electron chi connectivity index (χ4n) is 2.76. The summed E-state index contributed by atoms with van der Waals surface area (Å²) in [6.07, 6.45) is 2.19. The Hall–Kier alpha value is -1.35. The first kappa shape index (κ1) is 13.1. The lowest BCUT2D eigenvalue weighted by Crippen LogP contribution is -2.38. The number of nitrogens with zero attached hydrogens (tertiary/aromatic N) is 1. The van der Waals surface area contributed by atoms with Crippen LogP contribution in [0.4, 0.5) is 0 Å². The van der Waals surface area contributed by atoms with Crippen molar-refractivity contribution in [2.45, 2.75) is 25.9 Å². The molecule has 1 amide bonds. The Labute approximate surface area is 109 Å². The average Bonchev–Trinajstić information content (AvgIpc) is 2.41. The van der Waals surface area contributed by atoms with E-state index >= 15 is 0 Å². The largest absolute Gasteiger partial charge is 0.376 e. The van der Waals surface area contributed by atoms with Crippen LogP contribution in [0.25, 0.3) is 0 Å². The van der Waals surface area contributed by atoms with Gasteiger partial charge in [-0.3, -0.25) is 4.79 Å². The van der Waals surface area contributed by atoms with Gasteiger partial charge >= 0.3 is 0 Å². The summed E-state index contributed by atoms with van der Waals surface area (Å²) in [6.45, 7) is 3.35. The molecule has 1 aliphatic heterocycles. The van der Waals surface area contributed by atoms with Crippen LogP contribution in [0.2, 0.25) is 0 Å². The lowest BCUT2D eigenvalue weighted by Gasteiger charge is -2.35. The maximum Gasteiger partial charge on any atom is 0.219 e. The van der Waals surface area contributed by atoms with Crippen LogP contribution in [0.3, 0.4) is 0 Å². The molecule has 0 spiro atoms. The SMILES string of the molecule is COC(c1ccccc1)C1CCN(C(C)=O)CC1. The summed E-state index contributed by atoms with van der Waals surface area (Å²) >= 11 is 0. The number of hydrogen-bond donors (Lipinski definition) is 0. The molecule has 0 N–H and O–H groups in total. The Bertz CT molecular complexity index is 383. The second kappa shape index (κ2) is 6.01. The molecule has 98 valence electrons. The molecule has 1 atom stereocenters. The maximum atomic E-state index is 11.3. The maximum absolute atomic E-state index is 11.3. The first-order valence-corrected chi connectivity index (χ1v) is 6.55. The Morgan fingerprint density at radius 2 is 1.89 bits per heavy atom. The summed E-state index contributed by atoms with van der Waals surface area (Å²) in [5.74, 6) is 0.690. The highest BCUT2D eigenvalue weighted by Crippen LogP contribution is 2.33. The zero-order valence-corrected chi connectivity index (χ0v) is 11.1. The number of methoxy groups -OCH3 is 1. The summed E-state index contributed by atoms with van der Waals surface area (Å²) in [5, 5.41) is 0. The average molecular weight is 247 g/mol. The predicted octanol–water partition coefficient (Wildman–Crippen LogP) is 2.63. The molecule has 1 aromatic rings. The fraction of sp³-hybridized carbons (Fsp3) is 0.533. The van der Waals surface area contributed by atoms with Gasteiger partial charge in [-0.15, -0.1) is 0 Å². The normalized spacial score (nSPS) is 18.7. The molecule has 1 saturated heterocycles. The summed E-state index contributed by atoms with van der Waals surface area (Å²) < 4.78 is 5.67. The highest BCUT2D eigenvalue weighted by molar-refractivity contribution is 5.73. The number of likely N-dealkylation sites (tertiary alicyclic amines) is 1. The van der Waals surface area contributed by atoms with E-state index in [0.29, 0.717) is 5.92 Å². The Balaban J connectivity index is 2.01. The Morgan fingerprint density at radius 1 is 1.28 bits per heavy atom. The van der Waals surface area contributed by atoms with Crippen molar-refractivity contribution in [2.24, 2.45) is 5.92 Å². The molecular formula is C15H21NO2. The van der Waals surface area contributed by atoms with Crippen LogP contribution >= 0.6 is 0 Å². The molecule has 1 unspecified atom stereocenters. The first-order valence-electron chi connectivity index (χ1n) is 6.55. The van der Waals surface area contributed by atoms with Crippen LogP contribution < -0.4 is 0 Å². The zero-order valence-electron chi connectivity index (χ0n) is 11.1. The standard InChI is InChI=1S/C15H21NO2/c1-12(17)16-10-8-14(9-11-16)15(18-2)13-6-4-3-5-7-13/h3-7,14-15H,8-11H2,1-2H3. The molecule has 1 aromatic carbocycles. The van der Waals surface area contributed by atoms with Gasteiger partial charge in [-0.2, -0.15) is 0 Å². The van der Waals surface area contributed by atoms with Gasteiger partial charge < -0.3 is 9.64 Å². The van der Waals surface area contributed by atoms with Crippen LogP contribution in [0.1, 0.15) is 31.4 Å². The van der Waals surface area contributed by atoms with E-state index in [-0.39, 0.29) is 12.0 Å². The van der Waals surface area contributed by atoms with E-state index in [4.69, 9.17) is 4.74 Å². The number of carbonyl (C=O) groups excluding carboxylic acids is 1. The monoisotopic (exact) mass is 247 g/mol. The molecule has 3 heteroatoms. The zero-order chi connectivity index (χ0) is 13.0. The van der Waals surface area contributed by atoms with E-state index in [1.807, 2.05) is 23.1 Å². The topological polar surface area (TPSA) is 29.5 Å². The van der Waals surface area contributed by atoms with Crippen molar-refractivity contribution in [1.82, 2.24) is 4.90 Å². The van der Waals surface area contributed by atoms with Gasteiger partial charge in [0.25, 0.3) is 0 Å². The summed E-state index contributed by atoms with van der Waals surface area (Å²) in [6, 6.07) is 10.4. The number of rotatable bonds is 3. The predicted molar refractivity (Wildman–Crippen MR) is 71.2 cm³/mol. The third-order valence-corrected chi connectivity index (χ3v) is 3.80. The van der Waals surface area contributed by atoms with Crippen molar-refractivity contribution in [3.8, 4) is 0 Å². The Kier molecular flexibility index (Phi) is 4.37. The summed E-state index contributed by atoms with van der Waals surface area (Å²) in [5.41, 5.74) is 1.24. The highest BCUT2D eigenvalue weighted by atomic mass is 16.5. The van der Waals surface area contributed by atoms with E-state index in [1.165, 1.54) is 5.56 Å². The lowest BCUT2D eigenvalue weighted by molar-refractivity contribution is -0.131. The number of hydrogen-bond acceptors (Lipinski definition) is 2. The van der Waals surface area contributed by atoms with E-state index < -0.39 is 0 Å². The summed E-state index contributed by atoms with van der Waals surface area (Å²) in [7, 11) is 1.77. The number of piperidine rings is 1. The van der Waals surface area contributed by atoms with Gasteiger partial charge in [0.05, 0.1) is 6.10 Å². The highest BCUT2D eigenvalue weighted by Gasteiger charge is 2.28. The molecule has 1 aliphatic rings. The molecule has 1 fully saturated rings. The molecule has 18 heavy (non-hydrogen) atoms. The second-order valence-corrected chi connectivity index (χ2v) is 4.91. The van der Waals surface area contributed by atoms with E-state index in [0.717, 1.165) is 25.9 Å². The van der Waals surface area contributed by atoms with Gasteiger partial charge in [-0.25, -0.2) is 0 Å². The van der Waals surface area contributed by atoms with Crippen molar-refractivity contribution in [1.29, 1.82) is 0 Å². The fourth-order valence-corrected chi connectivity index (χ4v) is 2.76. The molecule has 0 aliphatic carbocycles. The van der Waals surface area contributed by atoms with E-state index in [9.17, 15) is 4.79 Å². The number of amides is 1. The molecule has 0 bridgehead atoms. The van der Waals surface area contributed by atoms with Gasteiger partial charge in [-0.1, -0.05) is 30.3 Å². The van der Waals surface area contributed by atoms with Crippen LogP contribution in [0, 0.1) is 5.92 Å². The van der Waals surface area contributed by atoms with Crippen molar-refractivity contribution >= 4 is 5.91 Å². The molecule has 0 radical (unpaired) electrons. The third-order valence-electron chi connectivity index (χ3n) is 3.80. The van der Waals surface area contributed by atoms with Gasteiger partial charge in [0.2, 0.25) is 5.91 Å². The van der Waals surface area contributed by atoms with Crippen molar-refractivity contribution < 1.29 is 9.53 Å². The van der Waals surface area contributed by atoms with Crippen LogP contribution in [0.5, 0.6) is 0 Å². The van der Waals surface area contributed by atoms with Crippen molar-refractivity contribution in [2.75, 3.05) is 20.2 Å². The minimum atomic E-state index is 0.153. The van der Waals surface area contributed by atoms with Gasteiger partial charge in [0, 0.05) is 27.1 Å². The van der Waals surface area contributed by atoms with Crippen molar-refractivity contribution in [3.63, 3.8) is 0 Å². The van der Waals surface area contributed by atoms with E-state index in [1.54, 1.807) is 14.0 Å². The third kappa shape index (κ3) is 2.91. The summed E-state index contributed by atoms with van der Waals surface area (Å²) in [4.78, 5) is 13.2. The van der Waals surface area contributed by atoms with Crippen LogP contribution in [0.15, 0.2) is 30.3 Å². The quantitative estimate of drug-likeness (QED) is 0.821. The smallest absolute Gasteiger partial charge is 0.219 e. The van der Waals surface area contributed by atoms with Gasteiger partial charge in [0.1, 0.15) is 0 Å². The number of carbonyl (C=O) groups is 1. The van der Waals surface area contributed by atoms with Crippen molar-refractivity contribution in [3.05, 3.63) is 35.9 Å². The molecule has 1 heterocycles. The van der Waals surface area contributed by atoms with Crippen LogP contribution in [-0.4, -0.2) is 31.0 Å². The molecule has 0 saturated carbocycles. The number of ether oxygens (including phenoxy) is 1. The second-order valence-electron chi connectivity index (χ2n) is 4.91. The molecular weight excluding hydrogens is 226 g/mol. The van der Waals surface area contributed by atoms with Gasteiger partial charge in [0.15, 0.2) is 0 Å². The molecule has 0 aromatic heterocycles. The molecule has 2 rings (SSSR count). The molecule has 3 nitrogen and oxygen atoms in total. The van der Waals surface area contributed by atoms with E-state index in [2.05, 4.69) is 12.1 Å². The van der Waals surface area contributed by atoms with Gasteiger partial charge in [-0.05, 0) is 24.3 Å². The lowest BCUT2D eigenvalue weighted by atomic mass is 9.87. The Morgan fingerprint density at radius 3 is 2.39 bits per heavy atom. The first-order chi connectivity index (χ1) is 8.72. The number of benzene rings is 1. The minimum Gasteiger partial charge on any atom is -0.376 e. The minimum absolute atomic E-state index is 0.153. The van der Waals surface area contributed by atoms with Crippen LogP contribution in [-0.2, 0) is 9.53 Å².